The summed E-state index contributed by atoms with van der Waals surface area (Å²) in [4.78, 5) is 0. The van der Waals surface area contributed by atoms with Crippen molar-refractivity contribution in [3.8, 4) is 0 Å². The maximum Gasteiger partial charge on any atom is 0.253 e. The maximum absolute atomic E-state index is 2.27. The Kier molecular flexibility index (Phi) is 3.84. The van der Waals surface area contributed by atoms with E-state index in [1.807, 2.05) is 0 Å². The second kappa shape index (κ2) is 5.79. The molecule has 3 aromatic rings. The molecule has 114 valence electrons. The summed E-state index contributed by atoms with van der Waals surface area (Å²) >= 11 is 0. The molecule has 0 aliphatic rings. The minimum atomic E-state index is 0.921. The number of imidazole rings is 2. The van der Waals surface area contributed by atoms with Gasteiger partial charge < -0.3 is 0 Å². The number of rotatable bonds is 4. The monoisotopic (exact) mass is 296 g/mol. The second-order valence-corrected chi connectivity index (χ2v) is 5.98. The van der Waals surface area contributed by atoms with Crippen molar-refractivity contribution in [3.63, 3.8) is 0 Å². The summed E-state index contributed by atoms with van der Waals surface area (Å²) < 4.78 is 8.82. The highest BCUT2D eigenvalue weighted by Gasteiger charge is 2.11. The Labute approximate surface area is 131 Å². The first kappa shape index (κ1) is 14.6. The molecule has 0 amide bonds. The van der Waals surface area contributed by atoms with Gasteiger partial charge in [0, 0.05) is 13.8 Å². The molecule has 2 heterocycles. The SMILES string of the molecule is Cc1n(Cc2ccc(C[n+]3ccn(C)c3C)cc2)cc[n+]1C. The summed E-state index contributed by atoms with van der Waals surface area (Å²) in [5.74, 6) is 2.53. The molecule has 0 aliphatic carbocycles. The second-order valence-electron chi connectivity index (χ2n) is 5.98. The largest absolute Gasteiger partial charge is 0.253 e. The number of hydrogen-bond donors (Lipinski definition) is 0. The number of nitrogens with zero attached hydrogens (tertiary/aromatic N) is 4. The molecule has 0 saturated carbocycles. The normalized spacial score (nSPS) is 11.1. The van der Waals surface area contributed by atoms with Crippen molar-refractivity contribution in [2.45, 2.75) is 26.9 Å². The Balaban J connectivity index is 1.73. The van der Waals surface area contributed by atoms with Gasteiger partial charge in [-0.15, -0.1) is 0 Å². The van der Waals surface area contributed by atoms with Gasteiger partial charge in [0.05, 0.1) is 14.1 Å². The van der Waals surface area contributed by atoms with Crippen LogP contribution in [0.15, 0.2) is 49.1 Å². The lowest BCUT2D eigenvalue weighted by Crippen LogP contribution is -2.35. The van der Waals surface area contributed by atoms with Crippen molar-refractivity contribution >= 4 is 0 Å². The zero-order valence-electron chi connectivity index (χ0n) is 13.8. The van der Waals surface area contributed by atoms with E-state index >= 15 is 0 Å². The summed E-state index contributed by atoms with van der Waals surface area (Å²) in [5.41, 5.74) is 2.66. The summed E-state index contributed by atoms with van der Waals surface area (Å²) in [6.07, 6.45) is 8.45. The van der Waals surface area contributed by atoms with Crippen molar-refractivity contribution in [1.29, 1.82) is 0 Å². The topological polar surface area (TPSA) is 17.6 Å². The highest BCUT2D eigenvalue weighted by molar-refractivity contribution is 5.22. The smallest absolute Gasteiger partial charge is 0.237 e. The molecule has 2 aromatic heterocycles. The van der Waals surface area contributed by atoms with Crippen molar-refractivity contribution in [2.24, 2.45) is 14.1 Å². The number of hydrogen-bond acceptors (Lipinski definition) is 0. The molecule has 0 spiro atoms. The fourth-order valence-corrected chi connectivity index (χ4v) is 2.68. The highest BCUT2D eigenvalue weighted by Crippen LogP contribution is 2.08. The Morgan fingerprint density at radius 2 is 1.59 bits per heavy atom. The minimum absolute atomic E-state index is 0.921. The molecule has 0 radical (unpaired) electrons. The molecule has 1 aromatic carbocycles. The standard InChI is InChI=1S/C18H24N4/c1-15-19(3)9-11-21(15)13-17-5-7-18(8-6-17)14-22-12-10-20(4)16(22)2/h5-12H,13-14H2,1-4H3/q+2. The average Bonchev–Trinajstić information content (AvgIpc) is 3.00. The van der Waals surface area contributed by atoms with Gasteiger partial charge in [-0.1, -0.05) is 24.3 Å². The van der Waals surface area contributed by atoms with Crippen LogP contribution in [0.5, 0.6) is 0 Å². The van der Waals surface area contributed by atoms with Crippen LogP contribution in [0.2, 0.25) is 0 Å². The van der Waals surface area contributed by atoms with Crippen LogP contribution in [0, 0.1) is 13.8 Å². The van der Waals surface area contributed by atoms with Crippen LogP contribution in [0.25, 0.3) is 0 Å². The third kappa shape index (κ3) is 2.82. The number of aryl methyl sites for hydroxylation is 2. The van der Waals surface area contributed by atoms with Gasteiger partial charge in [0.15, 0.2) is 0 Å². The quantitative estimate of drug-likeness (QED) is 0.652. The van der Waals surface area contributed by atoms with Crippen molar-refractivity contribution in [3.05, 3.63) is 71.8 Å². The van der Waals surface area contributed by atoms with E-state index in [0.717, 1.165) is 13.1 Å². The first-order chi connectivity index (χ1) is 10.5. The molecule has 0 saturated heterocycles. The van der Waals surface area contributed by atoms with E-state index in [1.165, 1.54) is 22.8 Å². The van der Waals surface area contributed by atoms with E-state index in [4.69, 9.17) is 0 Å². The number of benzene rings is 1. The van der Waals surface area contributed by atoms with E-state index in [9.17, 15) is 0 Å². The lowest BCUT2D eigenvalue weighted by Gasteiger charge is -2.03. The Morgan fingerprint density at radius 3 is 2.14 bits per heavy atom. The molecule has 0 bridgehead atoms. The molecule has 0 aliphatic heterocycles. The fourth-order valence-electron chi connectivity index (χ4n) is 2.68. The van der Waals surface area contributed by atoms with E-state index in [2.05, 4.69) is 95.3 Å². The Morgan fingerprint density at radius 1 is 0.909 bits per heavy atom. The minimum Gasteiger partial charge on any atom is -0.237 e. The predicted octanol–water partition coefficient (Wildman–Crippen LogP) is 1.65. The molecule has 0 N–H and O–H groups in total. The summed E-state index contributed by atoms with van der Waals surface area (Å²) in [6.45, 7) is 6.13. The van der Waals surface area contributed by atoms with E-state index in [-0.39, 0.29) is 0 Å². The third-order valence-corrected chi connectivity index (χ3v) is 4.52. The molecule has 0 fully saturated rings. The molecule has 4 nitrogen and oxygen atoms in total. The zero-order chi connectivity index (χ0) is 15.7. The van der Waals surface area contributed by atoms with Gasteiger partial charge in [0.25, 0.3) is 11.6 Å². The van der Waals surface area contributed by atoms with Crippen LogP contribution in [-0.2, 0) is 27.2 Å². The van der Waals surface area contributed by atoms with Crippen LogP contribution in [0.3, 0.4) is 0 Å². The predicted molar refractivity (Wildman–Crippen MR) is 85.3 cm³/mol. The Bertz CT molecular complexity index is 711. The van der Waals surface area contributed by atoms with Gasteiger partial charge in [-0.25, -0.2) is 18.3 Å². The summed E-state index contributed by atoms with van der Waals surface area (Å²) in [5, 5.41) is 0. The van der Waals surface area contributed by atoms with Gasteiger partial charge in [-0.05, 0) is 11.1 Å². The van der Waals surface area contributed by atoms with Crippen LogP contribution >= 0.6 is 0 Å². The van der Waals surface area contributed by atoms with Gasteiger partial charge in [0.2, 0.25) is 0 Å². The van der Waals surface area contributed by atoms with E-state index < -0.39 is 0 Å². The fraction of sp³-hybridized carbons (Fsp3) is 0.333. The van der Waals surface area contributed by atoms with Crippen LogP contribution in [-0.4, -0.2) is 9.13 Å². The highest BCUT2D eigenvalue weighted by atomic mass is 15.1. The lowest BCUT2D eigenvalue weighted by atomic mass is 10.1. The maximum atomic E-state index is 2.27. The van der Waals surface area contributed by atoms with Gasteiger partial charge in [-0.3, -0.25) is 0 Å². The molecule has 22 heavy (non-hydrogen) atoms. The van der Waals surface area contributed by atoms with Crippen molar-refractivity contribution in [2.75, 3.05) is 0 Å². The Hall–Kier alpha value is -2.36. The third-order valence-electron chi connectivity index (χ3n) is 4.52. The summed E-state index contributed by atoms with van der Waals surface area (Å²) in [6, 6.07) is 8.92. The van der Waals surface area contributed by atoms with Crippen molar-refractivity contribution < 1.29 is 9.13 Å². The first-order valence-electron chi connectivity index (χ1n) is 7.65. The molecule has 4 heteroatoms. The van der Waals surface area contributed by atoms with Gasteiger partial charge in [-0.2, -0.15) is 0 Å². The van der Waals surface area contributed by atoms with Crippen LogP contribution < -0.4 is 9.13 Å². The van der Waals surface area contributed by atoms with Crippen LogP contribution in [0.1, 0.15) is 22.8 Å². The van der Waals surface area contributed by atoms with Crippen molar-refractivity contribution in [1.82, 2.24) is 9.13 Å². The average molecular weight is 296 g/mol. The van der Waals surface area contributed by atoms with Gasteiger partial charge >= 0.3 is 0 Å². The summed E-state index contributed by atoms with van der Waals surface area (Å²) in [7, 11) is 4.16. The lowest BCUT2D eigenvalue weighted by molar-refractivity contribution is -0.693. The van der Waals surface area contributed by atoms with Crippen LogP contribution in [0.4, 0.5) is 0 Å². The van der Waals surface area contributed by atoms with E-state index in [0.29, 0.717) is 0 Å². The molecule has 0 unspecified atom stereocenters. The molecular weight excluding hydrogens is 272 g/mol. The van der Waals surface area contributed by atoms with Gasteiger partial charge in [0.1, 0.15) is 37.9 Å². The molecular formula is C18H24N4+2. The number of aromatic nitrogens is 4. The first-order valence-corrected chi connectivity index (χ1v) is 7.65. The molecule has 0 atom stereocenters. The van der Waals surface area contributed by atoms with E-state index in [1.54, 1.807) is 0 Å². The molecule has 3 rings (SSSR count). The zero-order valence-corrected chi connectivity index (χ0v) is 13.8.